The lowest BCUT2D eigenvalue weighted by Gasteiger charge is -2.09. The van der Waals surface area contributed by atoms with Crippen molar-refractivity contribution < 1.29 is 9.18 Å². The van der Waals surface area contributed by atoms with Crippen LogP contribution in [0.15, 0.2) is 28.9 Å². The largest absolute Gasteiger partial charge is 0.320 e. The lowest BCUT2D eigenvalue weighted by molar-refractivity contribution is 0.101. The Morgan fingerprint density at radius 3 is 2.83 bits per heavy atom. The molecule has 2 aromatic rings. The number of nitrogens with one attached hydrogen (secondary N) is 1. The third kappa shape index (κ3) is 2.43. The van der Waals surface area contributed by atoms with Crippen LogP contribution in [0, 0.1) is 12.7 Å². The first-order valence-corrected chi connectivity index (χ1v) is 6.03. The molecule has 1 heterocycles. The monoisotopic (exact) mass is 311 g/mol. The molecule has 1 N–H and O–H groups in total. The van der Waals surface area contributed by atoms with Gasteiger partial charge in [0.05, 0.1) is 10.7 Å². The summed E-state index contributed by atoms with van der Waals surface area (Å²) in [6, 6.07) is 4.26. The summed E-state index contributed by atoms with van der Waals surface area (Å²) in [6.07, 6.45) is 1.54. The van der Waals surface area contributed by atoms with Crippen LogP contribution < -0.4 is 5.32 Å². The average Bonchev–Trinajstić information content (AvgIpc) is 2.63. The van der Waals surface area contributed by atoms with Gasteiger partial charge in [-0.15, -0.1) is 0 Å². The molecular weight excluding hydrogens is 301 g/mol. The van der Waals surface area contributed by atoms with Crippen LogP contribution in [0.2, 0.25) is 0 Å². The van der Waals surface area contributed by atoms with Crippen molar-refractivity contribution in [3.8, 4) is 0 Å². The molecule has 1 aromatic heterocycles. The highest BCUT2D eigenvalue weighted by atomic mass is 79.9. The molecule has 94 valence electrons. The van der Waals surface area contributed by atoms with Crippen molar-refractivity contribution in [1.29, 1.82) is 0 Å². The van der Waals surface area contributed by atoms with E-state index in [2.05, 4.69) is 26.3 Å². The van der Waals surface area contributed by atoms with Gasteiger partial charge in [0.25, 0.3) is 5.91 Å². The minimum absolute atomic E-state index is 0.337. The lowest BCUT2D eigenvalue weighted by atomic mass is 10.2. The van der Waals surface area contributed by atoms with E-state index < -0.39 is 0 Å². The summed E-state index contributed by atoms with van der Waals surface area (Å²) in [7, 11) is 1.66. The van der Waals surface area contributed by atoms with Crippen LogP contribution in [0.3, 0.4) is 0 Å². The number of anilines is 1. The maximum Gasteiger partial charge on any atom is 0.275 e. The minimum atomic E-state index is -0.389. The van der Waals surface area contributed by atoms with E-state index in [0.717, 1.165) is 5.56 Å². The van der Waals surface area contributed by atoms with E-state index in [4.69, 9.17) is 0 Å². The van der Waals surface area contributed by atoms with E-state index in [-0.39, 0.29) is 11.7 Å². The number of halogens is 2. The van der Waals surface area contributed by atoms with Gasteiger partial charge in [0.1, 0.15) is 11.5 Å². The molecule has 0 spiro atoms. The van der Waals surface area contributed by atoms with Gasteiger partial charge in [-0.2, -0.15) is 5.10 Å². The molecule has 0 atom stereocenters. The Morgan fingerprint density at radius 1 is 1.50 bits per heavy atom. The zero-order valence-electron chi connectivity index (χ0n) is 9.87. The molecule has 0 bridgehead atoms. The molecule has 0 saturated heterocycles. The van der Waals surface area contributed by atoms with Crippen LogP contribution in [-0.4, -0.2) is 15.7 Å². The predicted molar refractivity (Wildman–Crippen MR) is 70.0 cm³/mol. The van der Waals surface area contributed by atoms with Gasteiger partial charge in [-0.05, 0) is 40.5 Å². The fraction of sp³-hybridized carbons (Fsp3) is 0.167. The van der Waals surface area contributed by atoms with Crippen molar-refractivity contribution in [2.45, 2.75) is 6.92 Å². The Balaban J connectivity index is 2.30. The van der Waals surface area contributed by atoms with Gasteiger partial charge in [0.15, 0.2) is 0 Å². The topological polar surface area (TPSA) is 46.9 Å². The van der Waals surface area contributed by atoms with Crippen molar-refractivity contribution in [3.63, 3.8) is 0 Å². The first-order chi connectivity index (χ1) is 8.49. The van der Waals surface area contributed by atoms with Crippen LogP contribution in [0.25, 0.3) is 0 Å². The number of aryl methyl sites for hydroxylation is 2. The first kappa shape index (κ1) is 12.8. The van der Waals surface area contributed by atoms with E-state index >= 15 is 0 Å². The number of aromatic nitrogens is 2. The summed E-state index contributed by atoms with van der Waals surface area (Å²) in [6.45, 7) is 1.80. The summed E-state index contributed by atoms with van der Waals surface area (Å²) in [5, 5.41) is 6.62. The second-order valence-corrected chi connectivity index (χ2v) is 4.73. The van der Waals surface area contributed by atoms with Gasteiger partial charge in [0, 0.05) is 12.7 Å². The lowest BCUT2D eigenvalue weighted by Crippen LogP contribution is -2.17. The maximum absolute atomic E-state index is 13.1. The molecule has 0 fully saturated rings. The Hall–Kier alpha value is -1.69. The third-order valence-corrected chi connectivity index (χ3v) is 3.14. The quantitative estimate of drug-likeness (QED) is 0.927. The number of carbonyl (C=O) groups excluding carboxylic acids is 1. The van der Waals surface area contributed by atoms with Gasteiger partial charge < -0.3 is 5.32 Å². The second kappa shape index (κ2) is 4.89. The summed E-state index contributed by atoms with van der Waals surface area (Å²) in [4.78, 5) is 12.1. The zero-order valence-corrected chi connectivity index (χ0v) is 11.5. The summed E-state index contributed by atoms with van der Waals surface area (Å²) in [5.41, 5.74) is 1.63. The molecule has 6 heteroatoms. The van der Waals surface area contributed by atoms with Gasteiger partial charge in [0.2, 0.25) is 0 Å². The molecule has 2 rings (SSSR count). The summed E-state index contributed by atoms with van der Waals surface area (Å²) >= 11 is 3.25. The van der Waals surface area contributed by atoms with Crippen LogP contribution in [0.1, 0.15) is 16.1 Å². The van der Waals surface area contributed by atoms with Gasteiger partial charge >= 0.3 is 0 Å². The van der Waals surface area contributed by atoms with Crippen LogP contribution >= 0.6 is 15.9 Å². The fourth-order valence-corrected chi connectivity index (χ4v) is 2.10. The number of hydrogen-bond donors (Lipinski definition) is 1. The van der Waals surface area contributed by atoms with E-state index in [1.807, 2.05) is 0 Å². The number of benzene rings is 1. The van der Waals surface area contributed by atoms with Gasteiger partial charge in [-0.25, -0.2) is 4.39 Å². The van der Waals surface area contributed by atoms with E-state index in [0.29, 0.717) is 15.9 Å². The van der Waals surface area contributed by atoms with Crippen molar-refractivity contribution in [3.05, 3.63) is 45.9 Å². The predicted octanol–water partition coefficient (Wildman–Crippen LogP) is 2.88. The Morgan fingerprint density at radius 2 is 2.22 bits per heavy atom. The molecular formula is C12H11BrFN3O. The molecule has 0 unspecified atom stereocenters. The Labute approximate surface area is 112 Å². The molecule has 4 nitrogen and oxygen atoms in total. The third-order valence-electron chi connectivity index (χ3n) is 2.56. The number of nitrogens with zero attached hydrogens (tertiary/aromatic N) is 2. The smallest absolute Gasteiger partial charge is 0.275 e. The molecule has 0 radical (unpaired) electrons. The molecule has 1 aromatic carbocycles. The maximum atomic E-state index is 13.1. The fourth-order valence-electron chi connectivity index (χ4n) is 1.58. The van der Waals surface area contributed by atoms with E-state index in [9.17, 15) is 9.18 Å². The SMILES string of the molecule is Cc1ccc(F)cc1NC(=O)c1c(Br)cnn1C. The molecule has 0 aliphatic heterocycles. The highest BCUT2D eigenvalue weighted by molar-refractivity contribution is 9.10. The highest BCUT2D eigenvalue weighted by Crippen LogP contribution is 2.20. The van der Waals surface area contributed by atoms with E-state index in [1.165, 1.54) is 23.0 Å². The molecule has 0 aliphatic carbocycles. The van der Waals surface area contributed by atoms with Gasteiger partial charge in [-0.1, -0.05) is 6.07 Å². The number of rotatable bonds is 2. The molecule has 0 saturated carbocycles. The van der Waals surface area contributed by atoms with E-state index in [1.54, 1.807) is 20.0 Å². The molecule has 18 heavy (non-hydrogen) atoms. The Kier molecular flexibility index (Phi) is 3.47. The number of amides is 1. The highest BCUT2D eigenvalue weighted by Gasteiger charge is 2.16. The van der Waals surface area contributed by atoms with Crippen LogP contribution in [0.4, 0.5) is 10.1 Å². The Bertz CT molecular complexity index is 590. The second-order valence-electron chi connectivity index (χ2n) is 3.88. The van der Waals surface area contributed by atoms with Crippen molar-refractivity contribution in [1.82, 2.24) is 9.78 Å². The molecule has 1 amide bonds. The first-order valence-electron chi connectivity index (χ1n) is 5.24. The van der Waals surface area contributed by atoms with Crippen molar-refractivity contribution in [2.24, 2.45) is 7.05 Å². The number of hydrogen-bond acceptors (Lipinski definition) is 2. The normalized spacial score (nSPS) is 10.4. The van der Waals surface area contributed by atoms with Crippen LogP contribution in [0.5, 0.6) is 0 Å². The summed E-state index contributed by atoms with van der Waals surface area (Å²) < 4.78 is 15.2. The zero-order chi connectivity index (χ0) is 13.3. The summed E-state index contributed by atoms with van der Waals surface area (Å²) in [5.74, 6) is -0.726. The standard InChI is InChI=1S/C12H11BrFN3O/c1-7-3-4-8(14)5-10(7)16-12(18)11-9(13)6-15-17(11)2/h3-6H,1-2H3,(H,16,18). The van der Waals surface area contributed by atoms with Crippen molar-refractivity contribution in [2.75, 3.05) is 5.32 Å². The average molecular weight is 312 g/mol. The number of carbonyl (C=O) groups is 1. The van der Waals surface area contributed by atoms with Crippen molar-refractivity contribution >= 4 is 27.5 Å². The minimum Gasteiger partial charge on any atom is -0.320 e. The molecule has 0 aliphatic rings. The van der Waals surface area contributed by atoms with Gasteiger partial charge in [-0.3, -0.25) is 9.48 Å². The van der Waals surface area contributed by atoms with Crippen LogP contribution in [-0.2, 0) is 7.05 Å².